The Morgan fingerprint density at radius 3 is 2.41 bits per heavy atom. The maximum absolute atomic E-state index is 12.6. The van der Waals surface area contributed by atoms with Gasteiger partial charge in [0.15, 0.2) is 0 Å². The molecule has 0 bridgehead atoms. The highest BCUT2D eigenvalue weighted by Crippen LogP contribution is 2.26. The lowest BCUT2D eigenvalue weighted by Crippen LogP contribution is -2.49. The van der Waals surface area contributed by atoms with Gasteiger partial charge < -0.3 is 14.9 Å². The molecule has 0 radical (unpaired) electrons. The lowest BCUT2D eigenvalue weighted by atomic mass is 10.2. The summed E-state index contributed by atoms with van der Waals surface area (Å²) in [4.78, 5) is 21.5. The van der Waals surface area contributed by atoms with Crippen LogP contribution in [0.3, 0.4) is 0 Å². The molecule has 4 rings (SSSR count). The number of carbonyl (C=O) groups is 1. The predicted molar refractivity (Wildman–Crippen MR) is 108 cm³/mol. The van der Waals surface area contributed by atoms with E-state index in [1.807, 2.05) is 40.6 Å². The van der Waals surface area contributed by atoms with E-state index < -0.39 is 0 Å². The lowest BCUT2D eigenvalue weighted by molar-refractivity contribution is -0.130. The number of amides is 1. The van der Waals surface area contributed by atoms with Crippen LogP contribution in [0.15, 0.2) is 60.0 Å². The number of benzene rings is 2. The van der Waals surface area contributed by atoms with Gasteiger partial charge in [0, 0.05) is 42.8 Å². The molecule has 0 aliphatic carbocycles. The zero-order valence-corrected chi connectivity index (χ0v) is 15.7. The molecule has 5 nitrogen and oxygen atoms in total. The Labute approximate surface area is 162 Å². The maximum Gasteiger partial charge on any atom is 0.228 e. The van der Waals surface area contributed by atoms with Gasteiger partial charge in [0.25, 0.3) is 0 Å². The average molecular weight is 379 g/mol. The Balaban J connectivity index is 1.34. The summed E-state index contributed by atoms with van der Waals surface area (Å²) in [5.41, 5.74) is 2.97. The molecule has 1 aliphatic heterocycles. The van der Waals surface area contributed by atoms with Gasteiger partial charge in [-0.25, -0.2) is 4.98 Å². The summed E-state index contributed by atoms with van der Waals surface area (Å²) in [6.45, 7) is 3.18. The highest BCUT2D eigenvalue weighted by Gasteiger charge is 2.22. The second kappa shape index (κ2) is 7.80. The van der Waals surface area contributed by atoms with Crippen molar-refractivity contribution < 1.29 is 9.90 Å². The van der Waals surface area contributed by atoms with E-state index in [-0.39, 0.29) is 11.7 Å². The number of aromatic hydroxyl groups is 1. The van der Waals surface area contributed by atoms with Gasteiger partial charge in [0.1, 0.15) is 10.8 Å². The van der Waals surface area contributed by atoms with Crippen LogP contribution in [0.2, 0.25) is 0 Å². The number of aromatic nitrogens is 1. The van der Waals surface area contributed by atoms with E-state index in [2.05, 4.69) is 22.0 Å². The number of carbonyl (C=O) groups excluding carboxylic acids is 1. The van der Waals surface area contributed by atoms with E-state index >= 15 is 0 Å². The average Bonchev–Trinajstić information content (AvgIpc) is 3.18. The number of piperazine rings is 1. The minimum atomic E-state index is 0.130. The molecule has 0 unspecified atom stereocenters. The van der Waals surface area contributed by atoms with Gasteiger partial charge in [-0.2, -0.15) is 0 Å². The molecule has 1 aromatic heterocycles. The molecular weight excluding hydrogens is 358 g/mol. The molecule has 0 saturated carbocycles. The molecule has 0 spiro atoms. The molecule has 1 aliphatic rings. The van der Waals surface area contributed by atoms with E-state index in [0.717, 1.165) is 42.4 Å². The highest BCUT2D eigenvalue weighted by atomic mass is 32.1. The lowest BCUT2D eigenvalue weighted by Gasteiger charge is -2.36. The van der Waals surface area contributed by atoms with Crippen LogP contribution in [0.1, 0.15) is 5.69 Å². The Morgan fingerprint density at radius 2 is 1.70 bits per heavy atom. The van der Waals surface area contributed by atoms with Crippen molar-refractivity contribution in [1.82, 2.24) is 9.88 Å². The Bertz CT molecular complexity index is 901. The van der Waals surface area contributed by atoms with E-state index in [0.29, 0.717) is 6.42 Å². The molecule has 6 heteroatoms. The standard InChI is InChI=1S/C21H21N3O2S/c25-19-8-6-16(7-9-19)21-22-17(15-27-21)14-20(26)24-12-10-23(11-13-24)18-4-2-1-3-5-18/h1-9,15,25H,10-14H2. The fourth-order valence-electron chi connectivity index (χ4n) is 3.24. The number of thiazole rings is 1. The van der Waals surface area contributed by atoms with Crippen molar-refractivity contribution in [2.24, 2.45) is 0 Å². The van der Waals surface area contributed by atoms with E-state index in [9.17, 15) is 9.90 Å². The van der Waals surface area contributed by atoms with Gasteiger partial charge in [0.2, 0.25) is 5.91 Å². The minimum Gasteiger partial charge on any atom is -0.508 e. The van der Waals surface area contributed by atoms with Crippen molar-refractivity contribution in [3.05, 3.63) is 65.7 Å². The van der Waals surface area contributed by atoms with Crippen LogP contribution in [-0.4, -0.2) is 47.1 Å². The first-order valence-electron chi connectivity index (χ1n) is 9.00. The van der Waals surface area contributed by atoms with E-state index in [1.165, 1.54) is 17.0 Å². The predicted octanol–water partition coefficient (Wildman–Crippen LogP) is 3.41. The summed E-state index contributed by atoms with van der Waals surface area (Å²) in [5.74, 6) is 0.366. The van der Waals surface area contributed by atoms with Gasteiger partial charge >= 0.3 is 0 Å². The van der Waals surface area contributed by atoms with Crippen LogP contribution in [0.5, 0.6) is 5.75 Å². The quantitative estimate of drug-likeness (QED) is 0.755. The van der Waals surface area contributed by atoms with Crippen LogP contribution in [0.4, 0.5) is 5.69 Å². The third kappa shape index (κ3) is 4.11. The Kier molecular flexibility index (Phi) is 5.07. The van der Waals surface area contributed by atoms with Crippen LogP contribution in [0.25, 0.3) is 10.6 Å². The van der Waals surface area contributed by atoms with Crippen molar-refractivity contribution >= 4 is 22.9 Å². The Morgan fingerprint density at radius 1 is 1.00 bits per heavy atom. The summed E-state index contributed by atoms with van der Waals surface area (Å²) < 4.78 is 0. The number of rotatable bonds is 4. The SMILES string of the molecule is O=C(Cc1csc(-c2ccc(O)cc2)n1)N1CCN(c2ccccc2)CC1. The molecule has 3 aromatic rings. The van der Waals surface area contributed by atoms with Gasteiger partial charge in [-0.15, -0.1) is 11.3 Å². The first-order chi connectivity index (χ1) is 13.2. The smallest absolute Gasteiger partial charge is 0.228 e. The number of hydrogen-bond donors (Lipinski definition) is 1. The van der Waals surface area contributed by atoms with Gasteiger partial charge in [-0.05, 0) is 36.4 Å². The van der Waals surface area contributed by atoms with Crippen LogP contribution in [-0.2, 0) is 11.2 Å². The number of hydrogen-bond acceptors (Lipinski definition) is 5. The monoisotopic (exact) mass is 379 g/mol. The van der Waals surface area contributed by atoms with Crippen molar-refractivity contribution in [1.29, 1.82) is 0 Å². The summed E-state index contributed by atoms with van der Waals surface area (Å²) in [7, 11) is 0. The van der Waals surface area contributed by atoms with Crippen molar-refractivity contribution in [2.75, 3.05) is 31.1 Å². The largest absolute Gasteiger partial charge is 0.508 e. The van der Waals surface area contributed by atoms with E-state index in [1.54, 1.807) is 12.1 Å². The van der Waals surface area contributed by atoms with Crippen molar-refractivity contribution in [2.45, 2.75) is 6.42 Å². The van der Waals surface area contributed by atoms with Crippen LogP contribution < -0.4 is 4.90 Å². The summed E-state index contributed by atoms with van der Waals surface area (Å²) >= 11 is 1.52. The van der Waals surface area contributed by atoms with Crippen molar-refractivity contribution in [3.8, 4) is 16.3 Å². The van der Waals surface area contributed by atoms with Crippen molar-refractivity contribution in [3.63, 3.8) is 0 Å². The second-order valence-electron chi connectivity index (χ2n) is 6.57. The topological polar surface area (TPSA) is 56.7 Å². The molecule has 1 saturated heterocycles. The van der Waals surface area contributed by atoms with Gasteiger partial charge in [0.05, 0.1) is 12.1 Å². The fourth-order valence-corrected chi connectivity index (χ4v) is 4.07. The molecule has 1 N–H and O–H groups in total. The minimum absolute atomic E-state index is 0.130. The first-order valence-corrected chi connectivity index (χ1v) is 9.88. The number of phenols is 1. The van der Waals surface area contributed by atoms with Gasteiger partial charge in [-0.1, -0.05) is 18.2 Å². The molecule has 1 amide bonds. The molecule has 1 fully saturated rings. The maximum atomic E-state index is 12.6. The summed E-state index contributed by atoms with van der Waals surface area (Å²) in [6.07, 6.45) is 0.333. The molecule has 2 aromatic carbocycles. The molecule has 0 atom stereocenters. The fraction of sp³-hybridized carbons (Fsp3) is 0.238. The number of nitrogens with zero attached hydrogens (tertiary/aromatic N) is 3. The van der Waals surface area contributed by atoms with Gasteiger partial charge in [-0.3, -0.25) is 4.79 Å². The molecule has 2 heterocycles. The number of phenolic OH excluding ortho intramolecular Hbond substituents is 1. The Hall–Kier alpha value is -2.86. The zero-order chi connectivity index (χ0) is 18.6. The summed E-state index contributed by atoms with van der Waals surface area (Å²) in [5, 5.41) is 12.2. The molecule has 27 heavy (non-hydrogen) atoms. The zero-order valence-electron chi connectivity index (χ0n) is 14.9. The molecule has 138 valence electrons. The summed E-state index contributed by atoms with van der Waals surface area (Å²) in [6, 6.07) is 17.3. The third-order valence-electron chi connectivity index (χ3n) is 4.75. The number of anilines is 1. The second-order valence-corrected chi connectivity index (χ2v) is 7.43. The van der Waals surface area contributed by atoms with Crippen LogP contribution in [0, 0.1) is 0 Å². The van der Waals surface area contributed by atoms with E-state index in [4.69, 9.17) is 0 Å². The highest BCUT2D eigenvalue weighted by molar-refractivity contribution is 7.13. The normalized spacial score (nSPS) is 14.4. The number of para-hydroxylation sites is 1. The first kappa shape index (κ1) is 17.5. The van der Waals surface area contributed by atoms with Crippen LogP contribution >= 0.6 is 11.3 Å². The third-order valence-corrected chi connectivity index (χ3v) is 5.69. The molecular formula is C21H21N3O2S.